The quantitative estimate of drug-likeness (QED) is 0.570. The van der Waals surface area contributed by atoms with Gasteiger partial charge in [-0.3, -0.25) is 0 Å². The first-order chi connectivity index (χ1) is 4.97. The van der Waals surface area contributed by atoms with Crippen LogP contribution >= 0.6 is 0 Å². The van der Waals surface area contributed by atoms with Crippen LogP contribution in [0.15, 0.2) is 24.4 Å². The molecular weight excluding hydrogens is 124 g/mol. The Kier molecular flexibility index (Phi) is 1.31. The fourth-order valence-electron chi connectivity index (χ4n) is 0.986. The van der Waals surface area contributed by atoms with Crippen molar-refractivity contribution in [1.29, 1.82) is 0 Å². The van der Waals surface area contributed by atoms with E-state index in [0.717, 1.165) is 18.9 Å². The molecule has 1 saturated heterocycles. The normalized spacial score (nSPS) is 16.6. The van der Waals surface area contributed by atoms with Crippen molar-refractivity contribution in [2.24, 2.45) is 0 Å². The lowest BCUT2D eigenvalue weighted by Gasteiger charge is -2.31. The molecule has 2 nitrogen and oxygen atoms in total. The maximum atomic E-state index is 4.21. The summed E-state index contributed by atoms with van der Waals surface area (Å²) < 4.78 is 0. The molecule has 1 fully saturated rings. The van der Waals surface area contributed by atoms with Crippen molar-refractivity contribution in [1.82, 2.24) is 4.98 Å². The molecule has 1 aliphatic heterocycles. The highest BCUT2D eigenvalue weighted by atomic mass is 15.2. The van der Waals surface area contributed by atoms with Gasteiger partial charge in [-0.05, 0) is 12.1 Å². The van der Waals surface area contributed by atoms with Gasteiger partial charge >= 0.3 is 0 Å². The number of hydrogen-bond donors (Lipinski definition) is 0. The first kappa shape index (κ1) is 5.71. The molecule has 0 saturated carbocycles. The third-order valence-corrected chi connectivity index (χ3v) is 1.67. The van der Waals surface area contributed by atoms with Crippen LogP contribution in [0.3, 0.4) is 0 Å². The van der Waals surface area contributed by atoms with Gasteiger partial charge in [0.05, 0.1) is 0 Å². The minimum atomic E-state index is 1.05. The van der Waals surface area contributed by atoms with E-state index in [4.69, 9.17) is 0 Å². The molecule has 0 amide bonds. The molecule has 0 unspecified atom stereocenters. The van der Waals surface area contributed by atoms with E-state index in [2.05, 4.69) is 16.3 Å². The van der Waals surface area contributed by atoms with Crippen LogP contribution in [0.4, 0.5) is 5.82 Å². The molecule has 0 aliphatic carbocycles. The van der Waals surface area contributed by atoms with Crippen molar-refractivity contribution in [3.8, 4) is 0 Å². The van der Waals surface area contributed by atoms with Crippen LogP contribution in [-0.2, 0) is 0 Å². The Morgan fingerprint density at radius 3 is 2.70 bits per heavy atom. The SMILES string of the molecule is [CH]1CN(c2ccccn2)C1. The maximum absolute atomic E-state index is 4.21. The van der Waals surface area contributed by atoms with E-state index in [1.807, 2.05) is 24.4 Å². The van der Waals surface area contributed by atoms with Gasteiger partial charge in [-0.1, -0.05) is 6.07 Å². The summed E-state index contributed by atoms with van der Waals surface area (Å²) in [6.45, 7) is 2.11. The second-order valence-electron chi connectivity index (χ2n) is 2.38. The van der Waals surface area contributed by atoms with Crippen LogP contribution in [0.2, 0.25) is 0 Å². The first-order valence-corrected chi connectivity index (χ1v) is 3.44. The summed E-state index contributed by atoms with van der Waals surface area (Å²) in [5, 5.41) is 0. The third-order valence-electron chi connectivity index (χ3n) is 1.67. The van der Waals surface area contributed by atoms with Gasteiger partial charge in [-0.25, -0.2) is 4.98 Å². The van der Waals surface area contributed by atoms with E-state index in [1.54, 1.807) is 0 Å². The number of hydrogen-bond acceptors (Lipinski definition) is 2. The van der Waals surface area contributed by atoms with Crippen molar-refractivity contribution < 1.29 is 0 Å². The summed E-state index contributed by atoms with van der Waals surface area (Å²) in [7, 11) is 0. The fraction of sp³-hybridized carbons (Fsp3) is 0.250. The van der Waals surface area contributed by atoms with Gasteiger partial charge in [-0.15, -0.1) is 0 Å². The molecule has 2 heterocycles. The molecule has 0 spiro atoms. The van der Waals surface area contributed by atoms with Crippen molar-refractivity contribution in [3.63, 3.8) is 0 Å². The maximum Gasteiger partial charge on any atom is 0.128 e. The zero-order valence-electron chi connectivity index (χ0n) is 5.70. The average Bonchev–Trinajstić information content (AvgIpc) is 1.86. The lowest BCUT2D eigenvalue weighted by Crippen LogP contribution is -2.38. The summed E-state index contributed by atoms with van der Waals surface area (Å²) in [6, 6.07) is 5.99. The highest BCUT2D eigenvalue weighted by molar-refractivity contribution is 5.42. The summed E-state index contributed by atoms with van der Waals surface area (Å²) in [5.41, 5.74) is 0. The van der Waals surface area contributed by atoms with Crippen molar-refractivity contribution in [3.05, 3.63) is 30.8 Å². The molecule has 0 bridgehead atoms. The predicted octanol–water partition coefficient (Wildman–Crippen LogP) is 1.11. The second kappa shape index (κ2) is 2.29. The fourth-order valence-corrected chi connectivity index (χ4v) is 0.986. The first-order valence-electron chi connectivity index (χ1n) is 3.44. The molecule has 0 atom stereocenters. The summed E-state index contributed by atoms with van der Waals surface area (Å²) in [4.78, 5) is 6.43. The lowest BCUT2D eigenvalue weighted by atomic mass is 10.2. The Morgan fingerprint density at radius 2 is 2.20 bits per heavy atom. The Hall–Kier alpha value is -1.05. The third kappa shape index (κ3) is 0.856. The van der Waals surface area contributed by atoms with Crippen LogP contribution in [-0.4, -0.2) is 18.1 Å². The van der Waals surface area contributed by atoms with Crippen LogP contribution in [0, 0.1) is 6.42 Å². The van der Waals surface area contributed by atoms with E-state index >= 15 is 0 Å². The van der Waals surface area contributed by atoms with Crippen LogP contribution in [0.1, 0.15) is 0 Å². The van der Waals surface area contributed by atoms with E-state index in [0.29, 0.717) is 0 Å². The average molecular weight is 133 g/mol. The van der Waals surface area contributed by atoms with Crippen molar-refractivity contribution >= 4 is 5.82 Å². The summed E-state index contributed by atoms with van der Waals surface area (Å²) >= 11 is 0. The number of rotatable bonds is 1. The molecule has 0 aromatic carbocycles. The number of pyridine rings is 1. The number of aromatic nitrogens is 1. The van der Waals surface area contributed by atoms with Gasteiger partial charge in [0.2, 0.25) is 0 Å². The largest absolute Gasteiger partial charge is 0.356 e. The Bertz CT molecular complexity index is 204. The highest BCUT2D eigenvalue weighted by Gasteiger charge is 2.14. The summed E-state index contributed by atoms with van der Waals surface area (Å²) in [6.07, 6.45) is 4.06. The Labute approximate surface area is 60.5 Å². The van der Waals surface area contributed by atoms with Crippen LogP contribution in [0.5, 0.6) is 0 Å². The Morgan fingerprint density at radius 1 is 1.30 bits per heavy atom. The topological polar surface area (TPSA) is 16.1 Å². The Balaban J connectivity index is 2.18. The van der Waals surface area contributed by atoms with E-state index in [9.17, 15) is 0 Å². The lowest BCUT2D eigenvalue weighted by molar-refractivity contribution is 0.749. The number of anilines is 1. The van der Waals surface area contributed by atoms with Gasteiger partial charge in [0, 0.05) is 25.7 Å². The van der Waals surface area contributed by atoms with E-state index in [-0.39, 0.29) is 0 Å². The van der Waals surface area contributed by atoms with Gasteiger partial charge in [0.25, 0.3) is 0 Å². The smallest absolute Gasteiger partial charge is 0.128 e. The van der Waals surface area contributed by atoms with Gasteiger partial charge < -0.3 is 4.90 Å². The molecule has 1 aromatic rings. The molecule has 2 rings (SSSR count). The minimum absolute atomic E-state index is 1.05. The molecule has 1 aromatic heterocycles. The molecule has 0 N–H and O–H groups in total. The number of nitrogens with zero attached hydrogens (tertiary/aromatic N) is 2. The molecule has 1 aliphatic rings. The monoisotopic (exact) mass is 133 g/mol. The van der Waals surface area contributed by atoms with Crippen molar-refractivity contribution in [2.75, 3.05) is 18.0 Å². The van der Waals surface area contributed by atoms with Gasteiger partial charge in [0.15, 0.2) is 0 Å². The highest BCUT2D eigenvalue weighted by Crippen LogP contribution is 2.15. The van der Waals surface area contributed by atoms with Gasteiger partial charge in [0.1, 0.15) is 5.82 Å². The molecule has 51 valence electrons. The second-order valence-corrected chi connectivity index (χ2v) is 2.38. The zero-order chi connectivity index (χ0) is 6.81. The van der Waals surface area contributed by atoms with E-state index < -0.39 is 0 Å². The zero-order valence-corrected chi connectivity index (χ0v) is 5.70. The predicted molar refractivity (Wildman–Crippen MR) is 40.8 cm³/mol. The molecular formula is C8H9N2. The van der Waals surface area contributed by atoms with Crippen LogP contribution < -0.4 is 4.90 Å². The van der Waals surface area contributed by atoms with Crippen LogP contribution in [0.25, 0.3) is 0 Å². The summed E-state index contributed by atoms with van der Waals surface area (Å²) in [5.74, 6) is 1.09. The minimum Gasteiger partial charge on any atom is -0.356 e. The molecule has 10 heavy (non-hydrogen) atoms. The van der Waals surface area contributed by atoms with Crippen molar-refractivity contribution in [2.45, 2.75) is 0 Å². The van der Waals surface area contributed by atoms with Gasteiger partial charge in [-0.2, -0.15) is 0 Å². The molecule has 1 radical (unpaired) electrons. The standard InChI is InChI=1S/C8H9N2/c1-2-5-9-8(4-1)10-6-3-7-10/h1-5H,6-7H2. The van der Waals surface area contributed by atoms with E-state index in [1.165, 1.54) is 0 Å². The molecule has 2 heteroatoms.